The molecule has 0 aliphatic carbocycles. The number of para-hydroxylation sites is 2. The minimum absolute atomic E-state index is 0.00429. The average molecular weight is 303 g/mol. The van der Waals surface area contributed by atoms with Crippen LogP contribution in [-0.4, -0.2) is 21.7 Å². The Kier molecular flexibility index (Phi) is 3.23. The molecule has 23 heavy (non-hydrogen) atoms. The van der Waals surface area contributed by atoms with Crippen LogP contribution in [-0.2, 0) is 6.42 Å². The van der Waals surface area contributed by atoms with E-state index in [9.17, 15) is 4.79 Å². The van der Waals surface area contributed by atoms with Gasteiger partial charge in [-0.25, -0.2) is 4.68 Å². The van der Waals surface area contributed by atoms with Gasteiger partial charge in [0.2, 0.25) is 0 Å². The van der Waals surface area contributed by atoms with Gasteiger partial charge in [0, 0.05) is 17.9 Å². The molecule has 1 aliphatic rings. The molecule has 0 saturated heterocycles. The van der Waals surface area contributed by atoms with Crippen LogP contribution in [0.4, 0.5) is 5.69 Å². The highest BCUT2D eigenvalue weighted by Gasteiger charge is 2.31. The van der Waals surface area contributed by atoms with Gasteiger partial charge in [-0.15, -0.1) is 0 Å². The SMILES string of the molecule is C[C@H]1Cc2ccccc2N1C(=O)c1cnn(-c2ccccc2)c1. The third kappa shape index (κ3) is 2.32. The van der Waals surface area contributed by atoms with E-state index >= 15 is 0 Å². The highest BCUT2D eigenvalue weighted by Crippen LogP contribution is 2.33. The van der Waals surface area contributed by atoms with E-state index in [1.54, 1.807) is 17.1 Å². The molecule has 1 atom stereocenters. The topological polar surface area (TPSA) is 38.1 Å². The zero-order valence-electron chi connectivity index (χ0n) is 12.9. The molecule has 2 heterocycles. The van der Waals surface area contributed by atoms with Crippen molar-refractivity contribution in [3.8, 4) is 5.69 Å². The number of hydrogen-bond acceptors (Lipinski definition) is 2. The standard InChI is InChI=1S/C19H17N3O/c1-14-11-15-7-5-6-10-18(15)22(14)19(23)16-12-20-21(13-16)17-8-3-2-4-9-17/h2-10,12-14H,11H2,1H3/t14-/m0/s1. The second-order valence-corrected chi connectivity index (χ2v) is 5.87. The summed E-state index contributed by atoms with van der Waals surface area (Å²) in [5.74, 6) is 0.00429. The number of carbonyl (C=O) groups is 1. The predicted octanol–water partition coefficient (Wildman–Crippen LogP) is 3.46. The first-order chi connectivity index (χ1) is 11.2. The third-order valence-electron chi connectivity index (χ3n) is 4.28. The fourth-order valence-electron chi connectivity index (χ4n) is 3.17. The molecule has 4 heteroatoms. The maximum absolute atomic E-state index is 12.9. The Labute approximate surface area is 135 Å². The monoisotopic (exact) mass is 303 g/mol. The molecule has 0 radical (unpaired) electrons. The molecule has 4 nitrogen and oxygen atoms in total. The molecule has 114 valence electrons. The molecule has 0 N–H and O–H groups in total. The molecule has 0 unspecified atom stereocenters. The van der Waals surface area contributed by atoms with Gasteiger partial charge in [0.05, 0.1) is 17.4 Å². The van der Waals surface area contributed by atoms with Gasteiger partial charge in [0.15, 0.2) is 0 Å². The van der Waals surface area contributed by atoms with Crippen molar-refractivity contribution in [1.82, 2.24) is 9.78 Å². The number of amides is 1. The van der Waals surface area contributed by atoms with Gasteiger partial charge in [-0.3, -0.25) is 4.79 Å². The molecule has 0 bridgehead atoms. The van der Waals surface area contributed by atoms with Crippen molar-refractivity contribution < 1.29 is 4.79 Å². The molecule has 3 aromatic rings. The molecule has 2 aromatic carbocycles. The van der Waals surface area contributed by atoms with E-state index in [1.165, 1.54) is 5.56 Å². The summed E-state index contributed by atoms with van der Waals surface area (Å²) >= 11 is 0. The highest BCUT2D eigenvalue weighted by molar-refractivity contribution is 6.07. The molecule has 1 aliphatic heterocycles. The van der Waals surface area contributed by atoms with Crippen LogP contribution >= 0.6 is 0 Å². The number of carbonyl (C=O) groups excluding carboxylic acids is 1. The molecule has 1 aromatic heterocycles. The Bertz CT molecular complexity index is 854. The van der Waals surface area contributed by atoms with Gasteiger partial charge in [0.1, 0.15) is 0 Å². The molecular formula is C19H17N3O. The van der Waals surface area contributed by atoms with Gasteiger partial charge < -0.3 is 4.90 Å². The summed E-state index contributed by atoms with van der Waals surface area (Å²) in [6.45, 7) is 2.08. The normalized spacial score (nSPS) is 16.4. The lowest BCUT2D eigenvalue weighted by Gasteiger charge is -2.21. The van der Waals surface area contributed by atoms with Crippen LogP contribution in [0.2, 0.25) is 0 Å². The van der Waals surface area contributed by atoms with E-state index in [4.69, 9.17) is 0 Å². The lowest BCUT2D eigenvalue weighted by molar-refractivity contribution is 0.0981. The van der Waals surface area contributed by atoms with Crippen LogP contribution in [0.15, 0.2) is 67.0 Å². The lowest BCUT2D eigenvalue weighted by Crippen LogP contribution is -2.35. The first kappa shape index (κ1) is 13.8. The van der Waals surface area contributed by atoms with Crippen LogP contribution in [0, 0.1) is 0 Å². The summed E-state index contributed by atoms with van der Waals surface area (Å²) in [6, 6.07) is 18.1. The summed E-state index contributed by atoms with van der Waals surface area (Å²) in [5.41, 5.74) is 3.79. The minimum Gasteiger partial charge on any atom is -0.305 e. The van der Waals surface area contributed by atoms with Crippen molar-refractivity contribution in [1.29, 1.82) is 0 Å². The van der Waals surface area contributed by atoms with Crippen molar-refractivity contribution >= 4 is 11.6 Å². The fourth-order valence-corrected chi connectivity index (χ4v) is 3.17. The Hall–Kier alpha value is -2.88. The van der Waals surface area contributed by atoms with Gasteiger partial charge in [-0.1, -0.05) is 36.4 Å². The van der Waals surface area contributed by atoms with Crippen molar-refractivity contribution in [2.45, 2.75) is 19.4 Å². The van der Waals surface area contributed by atoms with Gasteiger partial charge in [-0.05, 0) is 37.1 Å². The maximum Gasteiger partial charge on any atom is 0.261 e. The summed E-state index contributed by atoms with van der Waals surface area (Å²) in [7, 11) is 0. The van der Waals surface area contributed by atoms with E-state index in [0.29, 0.717) is 5.56 Å². The van der Waals surface area contributed by atoms with Crippen LogP contribution in [0.25, 0.3) is 5.69 Å². The summed E-state index contributed by atoms with van der Waals surface area (Å²) in [4.78, 5) is 14.8. The van der Waals surface area contributed by atoms with E-state index in [-0.39, 0.29) is 11.9 Å². The molecule has 4 rings (SSSR count). The van der Waals surface area contributed by atoms with E-state index in [1.807, 2.05) is 53.4 Å². The quantitative estimate of drug-likeness (QED) is 0.727. The maximum atomic E-state index is 12.9. The average Bonchev–Trinajstić information content (AvgIpc) is 3.19. The highest BCUT2D eigenvalue weighted by atomic mass is 16.2. The largest absolute Gasteiger partial charge is 0.305 e. The fraction of sp³-hybridized carbons (Fsp3) is 0.158. The van der Waals surface area contributed by atoms with E-state index in [2.05, 4.69) is 18.1 Å². The van der Waals surface area contributed by atoms with E-state index < -0.39 is 0 Å². The minimum atomic E-state index is 0.00429. The van der Waals surface area contributed by atoms with Crippen molar-refractivity contribution in [3.63, 3.8) is 0 Å². The second-order valence-electron chi connectivity index (χ2n) is 5.87. The van der Waals surface area contributed by atoms with Crippen LogP contribution in [0.1, 0.15) is 22.8 Å². The van der Waals surface area contributed by atoms with Crippen molar-refractivity contribution in [2.24, 2.45) is 0 Å². The second kappa shape index (κ2) is 5.39. The smallest absolute Gasteiger partial charge is 0.261 e. The van der Waals surface area contributed by atoms with Gasteiger partial charge >= 0.3 is 0 Å². The summed E-state index contributed by atoms with van der Waals surface area (Å²) < 4.78 is 1.74. The zero-order chi connectivity index (χ0) is 15.8. The Morgan fingerprint density at radius 1 is 1.09 bits per heavy atom. The summed E-state index contributed by atoms with van der Waals surface area (Å²) in [6.07, 6.45) is 4.34. The Morgan fingerprint density at radius 2 is 1.83 bits per heavy atom. The number of benzene rings is 2. The number of fused-ring (bicyclic) bond motifs is 1. The van der Waals surface area contributed by atoms with Crippen molar-refractivity contribution in [2.75, 3.05) is 4.90 Å². The number of anilines is 1. The van der Waals surface area contributed by atoms with Crippen LogP contribution in [0.5, 0.6) is 0 Å². The number of aromatic nitrogens is 2. The first-order valence-corrected chi connectivity index (χ1v) is 7.75. The molecule has 0 fully saturated rings. The zero-order valence-corrected chi connectivity index (χ0v) is 12.9. The first-order valence-electron chi connectivity index (χ1n) is 7.75. The summed E-state index contributed by atoms with van der Waals surface area (Å²) in [5, 5.41) is 4.33. The number of nitrogens with zero attached hydrogens (tertiary/aromatic N) is 3. The van der Waals surface area contributed by atoms with Gasteiger partial charge in [0.25, 0.3) is 5.91 Å². The van der Waals surface area contributed by atoms with E-state index in [0.717, 1.165) is 17.8 Å². The lowest BCUT2D eigenvalue weighted by atomic mass is 10.1. The number of rotatable bonds is 2. The molecule has 0 spiro atoms. The predicted molar refractivity (Wildman–Crippen MR) is 90.0 cm³/mol. The van der Waals surface area contributed by atoms with Crippen LogP contribution < -0.4 is 4.90 Å². The number of hydrogen-bond donors (Lipinski definition) is 0. The third-order valence-corrected chi connectivity index (χ3v) is 4.28. The van der Waals surface area contributed by atoms with Crippen molar-refractivity contribution in [3.05, 3.63) is 78.1 Å². The van der Waals surface area contributed by atoms with Crippen LogP contribution in [0.3, 0.4) is 0 Å². The molecule has 0 saturated carbocycles. The Balaban J connectivity index is 1.67. The Morgan fingerprint density at radius 3 is 2.65 bits per heavy atom. The van der Waals surface area contributed by atoms with Gasteiger partial charge in [-0.2, -0.15) is 5.10 Å². The molecular weight excluding hydrogens is 286 g/mol. The molecule has 1 amide bonds.